The van der Waals surface area contributed by atoms with Crippen molar-refractivity contribution in [2.24, 2.45) is 34.5 Å². The van der Waals surface area contributed by atoms with Crippen LogP contribution in [0.25, 0.3) is 11.0 Å². The van der Waals surface area contributed by atoms with Gasteiger partial charge in [-0.15, -0.1) is 0 Å². The quantitative estimate of drug-likeness (QED) is 0.319. The fraction of sp³-hybridized carbons (Fsp3) is 0.500. The average Bonchev–Trinajstić information content (AvgIpc) is 2.94. The second-order valence-electron chi connectivity index (χ2n) is 14.3. The summed E-state index contributed by atoms with van der Waals surface area (Å²) >= 11 is 0. The van der Waals surface area contributed by atoms with Crippen molar-refractivity contribution in [3.05, 3.63) is 69.8 Å². The van der Waals surface area contributed by atoms with E-state index in [1.165, 1.54) is 25.3 Å². The van der Waals surface area contributed by atoms with Crippen LogP contribution in [0.3, 0.4) is 0 Å². The number of benzene rings is 1. The van der Waals surface area contributed by atoms with Crippen LogP contribution in [0.1, 0.15) is 72.0 Å². The normalized spacial score (nSPS) is 33.4. The number of phenols is 2. The Morgan fingerprint density at radius 2 is 1.77 bits per heavy atom. The van der Waals surface area contributed by atoms with Crippen molar-refractivity contribution in [1.29, 1.82) is 0 Å². The molecule has 232 valence electrons. The molecule has 1 aromatic carbocycles. The monoisotopic (exact) mass is 600 g/mol. The van der Waals surface area contributed by atoms with E-state index in [-0.39, 0.29) is 68.9 Å². The maximum absolute atomic E-state index is 14.6. The molecule has 2 aromatic rings. The van der Waals surface area contributed by atoms with Gasteiger partial charge < -0.3 is 19.4 Å². The van der Waals surface area contributed by atoms with E-state index in [9.17, 15) is 29.4 Å². The standard InChI is InChI=1S/C36H40O8/c1-18-8-9-21-33(42)28(43-6)17-30(41)36(21,31-16-26(40)32-25(39)12-20(37)13-27(32)44-31)22(18)14-23-19(2)24(38)15-29-34(3,4)10-7-11-35(23,29)5/h8,12-13,16-17,21-23,29,37,39H,2,7,9-11,14-15H2,1,3-6H3. The molecule has 0 saturated heterocycles. The molecule has 0 bridgehead atoms. The molecular formula is C36H40O8. The van der Waals surface area contributed by atoms with Crippen LogP contribution in [0.5, 0.6) is 11.5 Å². The molecular weight excluding hydrogens is 560 g/mol. The molecule has 0 amide bonds. The molecule has 2 fully saturated rings. The number of carbonyl (C=O) groups excluding carboxylic acids is 3. The van der Waals surface area contributed by atoms with Crippen LogP contribution in [0.2, 0.25) is 0 Å². The van der Waals surface area contributed by atoms with E-state index in [1.807, 2.05) is 13.0 Å². The Kier molecular flexibility index (Phi) is 6.87. The molecule has 6 atom stereocenters. The molecule has 1 heterocycles. The van der Waals surface area contributed by atoms with Crippen LogP contribution in [0, 0.1) is 34.5 Å². The van der Waals surface area contributed by atoms with Crippen molar-refractivity contribution < 1.29 is 33.8 Å². The molecule has 8 nitrogen and oxygen atoms in total. The minimum absolute atomic E-state index is 0.00868. The highest BCUT2D eigenvalue weighted by atomic mass is 16.5. The van der Waals surface area contributed by atoms with E-state index >= 15 is 0 Å². The van der Waals surface area contributed by atoms with Gasteiger partial charge in [-0.3, -0.25) is 19.2 Å². The minimum atomic E-state index is -1.62. The van der Waals surface area contributed by atoms with Crippen LogP contribution in [0.4, 0.5) is 0 Å². The number of aromatic hydroxyl groups is 2. The highest BCUT2D eigenvalue weighted by Crippen LogP contribution is 2.63. The largest absolute Gasteiger partial charge is 0.508 e. The molecule has 6 unspecified atom stereocenters. The number of carbonyl (C=O) groups is 3. The molecule has 0 radical (unpaired) electrons. The lowest BCUT2D eigenvalue weighted by atomic mass is 9.44. The van der Waals surface area contributed by atoms with Crippen molar-refractivity contribution in [2.75, 3.05) is 7.11 Å². The number of ketones is 3. The fourth-order valence-electron chi connectivity index (χ4n) is 9.47. The van der Waals surface area contributed by atoms with Crippen LogP contribution < -0.4 is 5.43 Å². The zero-order valence-electron chi connectivity index (χ0n) is 26.0. The maximum Gasteiger partial charge on any atom is 0.202 e. The van der Waals surface area contributed by atoms with E-state index in [1.54, 1.807) is 0 Å². The Morgan fingerprint density at radius 3 is 2.48 bits per heavy atom. The summed E-state index contributed by atoms with van der Waals surface area (Å²) in [5.41, 5.74) is -1.23. The topological polar surface area (TPSA) is 131 Å². The second kappa shape index (κ2) is 10.0. The lowest BCUT2D eigenvalue weighted by molar-refractivity contribution is -0.139. The number of allylic oxidation sites excluding steroid dienone is 5. The van der Waals surface area contributed by atoms with Gasteiger partial charge in [0.25, 0.3) is 0 Å². The first-order chi connectivity index (χ1) is 20.7. The third-order valence-electron chi connectivity index (χ3n) is 11.7. The summed E-state index contributed by atoms with van der Waals surface area (Å²) in [5, 5.41) is 20.5. The van der Waals surface area contributed by atoms with Gasteiger partial charge in [-0.25, -0.2) is 0 Å². The minimum Gasteiger partial charge on any atom is -0.508 e. The summed E-state index contributed by atoms with van der Waals surface area (Å²) in [6.07, 6.45) is 7.12. The van der Waals surface area contributed by atoms with Gasteiger partial charge in [-0.05, 0) is 60.8 Å². The summed E-state index contributed by atoms with van der Waals surface area (Å²) in [4.78, 5) is 55.6. The van der Waals surface area contributed by atoms with Crippen LogP contribution in [0.15, 0.2) is 63.0 Å². The van der Waals surface area contributed by atoms with E-state index in [0.717, 1.165) is 30.9 Å². The van der Waals surface area contributed by atoms with Gasteiger partial charge in [-0.2, -0.15) is 0 Å². The third kappa shape index (κ3) is 4.09. The van der Waals surface area contributed by atoms with Gasteiger partial charge >= 0.3 is 0 Å². The van der Waals surface area contributed by atoms with Gasteiger partial charge in [0.05, 0.1) is 7.11 Å². The van der Waals surface area contributed by atoms with Gasteiger partial charge in [0.1, 0.15) is 33.6 Å². The lowest BCUT2D eigenvalue weighted by Gasteiger charge is -2.59. The molecule has 0 aliphatic heterocycles. The SMILES string of the molecule is C=C1C(=O)CC2C(C)(C)CCCC2(C)C1CC1C(C)=CCC2C(=O)C(OC)=CC(=O)C21c1cc(=O)c2c(O)cc(O)cc2o1. The average molecular weight is 601 g/mol. The number of hydrogen-bond acceptors (Lipinski definition) is 8. The number of Topliss-reactive ketones (excluding diaryl/α,β-unsaturated/α-hetero) is 2. The van der Waals surface area contributed by atoms with E-state index < -0.39 is 34.2 Å². The van der Waals surface area contributed by atoms with Crippen molar-refractivity contribution in [2.45, 2.75) is 71.6 Å². The van der Waals surface area contributed by atoms with Crippen LogP contribution in [-0.4, -0.2) is 34.7 Å². The Hall–Kier alpha value is -3.94. The zero-order valence-corrected chi connectivity index (χ0v) is 26.0. The maximum atomic E-state index is 14.6. The first kappa shape index (κ1) is 30.1. The van der Waals surface area contributed by atoms with Crippen molar-refractivity contribution >= 4 is 28.3 Å². The third-order valence-corrected chi connectivity index (χ3v) is 11.7. The summed E-state index contributed by atoms with van der Waals surface area (Å²) in [7, 11) is 1.34. The zero-order chi connectivity index (χ0) is 31.9. The fourth-order valence-corrected chi connectivity index (χ4v) is 9.47. The summed E-state index contributed by atoms with van der Waals surface area (Å²) < 4.78 is 11.6. The molecule has 2 saturated carbocycles. The van der Waals surface area contributed by atoms with E-state index in [2.05, 4.69) is 27.4 Å². The van der Waals surface area contributed by atoms with Gasteiger partial charge in [0.15, 0.2) is 22.8 Å². The molecule has 2 N–H and O–H groups in total. The Bertz CT molecular complexity index is 1750. The van der Waals surface area contributed by atoms with Crippen molar-refractivity contribution in [3.63, 3.8) is 0 Å². The smallest absolute Gasteiger partial charge is 0.202 e. The Morgan fingerprint density at radius 1 is 1.05 bits per heavy atom. The predicted molar refractivity (Wildman–Crippen MR) is 164 cm³/mol. The highest BCUT2D eigenvalue weighted by Gasteiger charge is 2.63. The Labute approximate surface area is 256 Å². The van der Waals surface area contributed by atoms with Gasteiger partial charge in [0.2, 0.25) is 5.78 Å². The molecule has 0 spiro atoms. The van der Waals surface area contributed by atoms with Crippen LogP contribution in [-0.2, 0) is 24.5 Å². The van der Waals surface area contributed by atoms with Gasteiger partial charge in [-0.1, -0.05) is 45.4 Å². The summed E-state index contributed by atoms with van der Waals surface area (Å²) in [5.74, 6) is -3.30. The second-order valence-corrected chi connectivity index (χ2v) is 14.3. The van der Waals surface area contributed by atoms with Gasteiger partial charge in [0, 0.05) is 42.5 Å². The molecule has 4 aliphatic carbocycles. The molecule has 1 aromatic heterocycles. The lowest BCUT2D eigenvalue weighted by Crippen LogP contribution is -2.58. The van der Waals surface area contributed by atoms with E-state index in [4.69, 9.17) is 9.15 Å². The number of methoxy groups -OCH3 is 1. The molecule has 6 rings (SSSR count). The molecule has 4 aliphatic rings. The molecule has 44 heavy (non-hydrogen) atoms. The Balaban J connectivity index is 1.60. The number of rotatable bonds is 4. The van der Waals surface area contributed by atoms with Crippen molar-refractivity contribution in [3.8, 4) is 11.5 Å². The van der Waals surface area contributed by atoms with Crippen molar-refractivity contribution in [1.82, 2.24) is 0 Å². The number of hydrogen-bond donors (Lipinski definition) is 2. The predicted octanol–water partition coefficient (Wildman–Crippen LogP) is 6.07. The molecule has 8 heteroatoms. The summed E-state index contributed by atoms with van der Waals surface area (Å²) in [6.45, 7) is 12.9. The number of phenolic OH excluding ortho intramolecular Hbond substituents is 2. The summed E-state index contributed by atoms with van der Waals surface area (Å²) in [6, 6.07) is 3.46. The first-order valence-corrected chi connectivity index (χ1v) is 15.4. The number of ether oxygens (including phenoxy) is 1. The van der Waals surface area contributed by atoms with E-state index in [0.29, 0.717) is 18.4 Å². The number of fused-ring (bicyclic) bond motifs is 3. The highest BCUT2D eigenvalue weighted by molar-refractivity contribution is 6.14. The first-order valence-electron chi connectivity index (χ1n) is 15.4. The van der Waals surface area contributed by atoms with Crippen LogP contribution >= 0.6 is 0 Å².